The molecule has 0 aliphatic carbocycles. The van der Waals surface area contributed by atoms with E-state index in [0.717, 1.165) is 12.0 Å². The van der Waals surface area contributed by atoms with Crippen LogP contribution >= 0.6 is 0 Å². The zero-order chi connectivity index (χ0) is 13.2. The monoisotopic (exact) mass is 259 g/mol. The molecule has 0 spiro atoms. The Labute approximate surface area is 109 Å². The Morgan fingerprint density at radius 3 is 3.11 bits per heavy atom. The molecule has 0 unspecified atom stereocenters. The van der Waals surface area contributed by atoms with Gasteiger partial charge in [-0.25, -0.2) is 0 Å². The number of hydrogen-bond acceptors (Lipinski definition) is 4. The Kier molecular flexibility index (Phi) is 2.83. The summed E-state index contributed by atoms with van der Waals surface area (Å²) in [5, 5.41) is 9.48. The predicted molar refractivity (Wildman–Crippen MR) is 68.5 cm³/mol. The van der Waals surface area contributed by atoms with Gasteiger partial charge in [0.1, 0.15) is 5.82 Å². The molecule has 1 aromatic carbocycles. The van der Waals surface area contributed by atoms with Gasteiger partial charge in [0.2, 0.25) is 6.79 Å². The molecule has 1 amide bonds. The summed E-state index contributed by atoms with van der Waals surface area (Å²) in [6, 6.07) is 5.09. The molecule has 6 heteroatoms. The van der Waals surface area contributed by atoms with Crippen LogP contribution in [-0.4, -0.2) is 22.9 Å². The summed E-state index contributed by atoms with van der Waals surface area (Å²) in [5.74, 6) is 1.67. The molecule has 6 nitrogen and oxygen atoms in total. The summed E-state index contributed by atoms with van der Waals surface area (Å²) in [6.45, 7) is 2.20. The lowest BCUT2D eigenvalue weighted by molar-refractivity contribution is 0.102. The minimum atomic E-state index is -0.211. The zero-order valence-electron chi connectivity index (χ0n) is 10.4. The number of rotatable bonds is 3. The molecule has 0 saturated carbocycles. The zero-order valence-corrected chi connectivity index (χ0v) is 10.4. The lowest BCUT2D eigenvalue weighted by Gasteiger charge is -2.05. The van der Waals surface area contributed by atoms with Gasteiger partial charge >= 0.3 is 0 Å². The maximum absolute atomic E-state index is 12.1. The van der Waals surface area contributed by atoms with Crippen molar-refractivity contribution in [3.63, 3.8) is 0 Å². The number of H-pyrrole nitrogens is 1. The summed E-state index contributed by atoms with van der Waals surface area (Å²) in [7, 11) is 0. The minimum absolute atomic E-state index is 0.195. The van der Waals surface area contributed by atoms with Crippen LogP contribution in [0.3, 0.4) is 0 Å². The van der Waals surface area contributed by atoms with Gasteiger partial charge in [0.05, 0.1) is 6.20 Å². The highest BCUT2D eigenvalue weighted by atomic mass is 16.7. The summed E-state index contributed by atoms with van der Waals surface area (Å²) >= 11 is 0. The first-order chi connectivity index (χ1) is 9.28. The Balaban J connectivity index is 1.81. The smallest absolute Gasteiger partial charge is 0.256 e. The molecular weight excluding hydrogens is 246 g/mol. The Morgan fingerprint density at radius 2 is 2.26 bits per heavy atom. The van der Waals surface area contributed by atoms with Gasteiger partial charge in [0, 0.05) is 11.1 Å². The van der Waals surface area contributed by atoms with E-state index in [1.807, 2.05) is 6.92 Å². The van der Waals surface area contributed by atoms with Gasteiger partial charge in [-0.15, -0.1) is 0 Å². The van der Waals surface area contributed by atoms with Gasteiger partial charge < -0.3 is 14.8 Å². The van der Waals surface area contributed by atoms with Crippen molar-refractivity contribution in [3.8, 4) is 11.5 Å². The average Bonchev–Trinajstić information content (AvgIpc) is 3.05. The fourth-order valence-electron chi connectivity index (χ4n) is 1.91. The van der Waals surface area contributed by atoms with Gasteiger partial charge in [-0.2, -0.15) is 5.10 Å². The van der Waals surface area contributed by atoms with E-state index < -0.39 is 0 Å². The van der Waals surface area contributed by atoms with Gasteiger partial charge in [-0.1, -0.05) is 6.92 Å². The maximum atomic E-state index is 12.1. The van der Waals surface area contributed by atoms with Crippen molar-refractivity contribution in [3.05, 3.63) is 35.5 Å². The van der Waals surface area contributed by atoms with Crippen LogP contribution in [0.15, 0.2) is 24.4 Å². The lowest BCUT2D eigenvalue weighted by Crippen LogP contribution is -2.13. The first-order valence-electron chi connectivity index (χ1n) is 6.01. The number of amides is 1. The molecule has 1 aromatic heterocycles. The van der Waals surface area contributed by atoms with E-state index in [1.54, 1.807) is 24.4 Å². The highest BCUT2D eigenvalue weighted by Gasteiger charge is 2.17. The minimum Gasteiger partial charge on any atom is -0.454 e. The Hall–Kier alpha value is -2.50. The standard InChI is InChI=1S/C13H13N3O3/c1-2-8-6-14-16-12(8)15-13(17)9-3-4-10-11(5-9)19-7-18-10/h3-6H,2,7H2,1H3,(H2,14,15,16,17). The van der Waals surface area contributed by atoms with Crippen LogP contribution in [0.5, 0.6) is 11.5 Å². The van der Waals surface area contributed by atoms with Crippen LogP contribution in [0.4, 0.5) is 5.82 Å². The van der Waals surface area contributed by atoms with Crippen molar-refractivity contribution in [2.75, 3.05) is 12.1 Å². The van der Waals surface area contributed by atoms with E-state index in [0.29, 0.717) is 22.9 Å². The molecule has 98 valence electrons. The van der Waals surface area contributed by atoms with E-state index in [2.05, 4.69) is 15.5 Å². The van der Waals surface area contributed by atoms with Crippen molar-refractivity contribution in [1.82, 2.24) is 10.2 Å². The van der Waals surface area contributed by atoms with Crippen molar-refractivity contribution in [2.45, 2.75) is 13.3 Å². The van der Waals surface area contributed by atoms with Crippen molar-refractivity contribution < 1.29 is 14.3 Å². The molecule has 0 radical (unpaired) electrons. The third-order valence-corrected chi connectivity index (χ3v) is 2.97. The van der Waals surface area contributed by atoms with Crippen LogP contribution in [0.2, 0.25) is 0 Å². The molecule has 2 heterocycles. The molecule has 2 N–H and O–H groups in total. The third kappa shape index (κ3) is 2.12. The highest BCUT2D eigenvalue weighted by Crippen LogP contribution is 2.32. The van der Waals surface area contributed by atoms with E-state index in [-0.39, 0.29) is 12.7 Å². The third-order valence-electron chi connectivity index (χ3n) is 2.97. The van der Waals surface area contributed by atoms with Gasteiger partial charge in [0.25, 0.3) is 5.91 Å². The number of aryl methyl sites for hydroxylation is 1. The number of aromatic nitrogens is 2. The van der Waals surface area contributed by atoms with Gasteiger partial charge in [-0.05, 0) is 24.6 Å². The van der Waals surface area contributed by atoms with Crippen LogP contribution < -0.4 is 14.8 Å². The molecule has 0 fully saturated rings. The van der Waals surface area contributed by atoms with Crippen molar-refractivity contribution in [2.24, 2.45) is 0 Å². The highest BCUT2D eigenvalue weighted by molar-refractivity contribution is 6.04. The number of aromatic amines is 1. The Morgan fingerprint density at radius 1 is 1.42 bits per heavy atom. The topological polar surface area (TPSA) is 76.2 Å². The van der Waals surface area contributed by atoms with Crippen LogP contribution in [0, 0.1) is 0 Å². The SMILES string of the molecule is CCc1cn[nH]c1NC(=O)c1ccc2c(c1)OCO2. The van der Waals surface area contributed by atoms with E-state index >= 15 is 0 Å². The number of hydrogen-bond donors (Lipinski definition) is 2. The number of ether oxygens (including phenoxy) is 2. The van der Waals surface area contributed by atoms with Gasteiger partial charge in [0.15, 0.2) is 11.5 Å². The normalized spacial score (nSPS) is 12.5. The second-order valence-corrected chi connectivity index (χ2v) is 4.15. The van der Waals surface area contributed by atoms with Crippen LogP contribution in [0.25, 0.3) is 0 Å². The van der Waals surface area contributed by atoms with E-state index in [9.17, 15) is 4.79 Å². The first kappa shape index (κ1) is 11.6. The summed E-state index contributed by atoms with van der Waals surface area (Å²) in [5.41, 5.74) is 1.48. The maximum Gasteiger partial charge on any atom is 0.256 e. The van der Waals surface area contributed by atoms with Crippen molar-refractivity contribution in [1.29, 1.82) is 0 Å². The number of carbonyl (C=O) groups excluding carboxylic acids is 1. The fraction of sp³-hybridized carbons (Fsp3) is 0.231. The second-order valence-electron chi connectivity index (χ2n) is 4.15. The number of carbonyl (C=O) groups is 1. The summed E-state index contributed by atoms with van der Waals surface area (Å²) in [6.07, 6.45) is 2.50. The lowest BCUT2D eigenvalue weighted by atomic mass is 10.2. The molecular formula is C13H13N3O3. The molecule has 19 heavy (non-hydrogen) atoms. The molecule has 1 aliphatic heterocycles. The van der Waals surface area contributed by atoms with Crippen molar-refractivity contribution >= 4 is 11.7 Å². The fourth-order valence-corrected chi connectivity index (χ4v) is 1.91. The quantitative estimate of drug-likeness (QED) is 0.883. The molecule has 2 aromatic rings. The predicted octanol–water partition coefficient (Wildman–Crippen LogP) is 1.95. The largest absolute Gasteiger partial charge is 0.454 e. The molecule has 1 aliphatic rings. The number of benzene rings is 1. The van der Waals surface area contributed by atoms with Crippen LogP contribution in [0.1, 0.15) is 22.8 Å². The average molecular weight is 259 g/mol. The molecule has 3 rings (SSSR count). The number of nitrogens with zero attached hydrogens (tertiary/aromatic N) is 1. The van der Waals surface area contributed by atoms with E-state index in [4.69, 9.17) is 9.47 Å². The first-order valence-corrected chi connectivity index (χ1v) is 6.01. The second kappa shape index (κ2) is 4.64. The van der Waals surface area contributed by atoms with E-state index in [1.165, 1.54) is 0 Å². The molecule has 0 saturated heterocycles. The number of fused-ring (bicyclic) bond motifs is 1. The summed E-state index contributed by atoms with van der Waals surface area (Å²) in [4.78, 5) is 12.1. The van der Waals surface area contributed by atoms with Gasteiger partial charge in [-0.3, -0.25) is 9.89 Å². The number of nitrogens with one attached hydrogen (secondary N) is 2. The molecule has 0 atom stereocenters. The molecule has 0 bridgehead atoms. The number of anilines is 1. The van der Waals surface area contributed by atoms with Crippen LogP contribution in [-0.2, 0) is 6.42 Å². The summed E-state index contributed by atoms with van der Waals surface area (Å²) < 4.78 is 10.5. The Bertz CT molecular complexity index is 621.